The third-order valence-corrected chi connectivity index (χ3v) is 8.03. The second kappa shape index (κ2) is 9.28. The van der Waals surface area contributed by atoms with E-state index in [0.717, 1.165) is 51.2 Å². The van der Waals surface area contributed by atoms with Crippen LogP contribution in [0.1, 0.15) is 12.8 Å². The molecular weight excluding hydrogens is 441 g/mol. The molecule has 0 aliphatic carbocycles. The third-order valence-electron chi connectivity index (χ3n) is 6.48. The summed E-state index contributed by atoms with van der Waals surface area (Å²) in [6.45, 7) is 5.87. The standard InChI is InChI=1S/C27H32N5OP/c1-32-16-6-7-21(18-32)29-20-12-10-19(11-13-20)25-17-22-23(14-15-28-27(22)31-25)30-24-8-4-5-9-26(24)34(2,3)33/h4-5,8-15,17,21,29H,6-7,16,18H2,1-3H3,(H2,28,30,31)/t21-/m1/s1. The van der Waals surface area contributed by atoms with Gasteiger partial charge in [-0.2, -0.15) is 0 Å². The number of aromatic amines is 1. The summed E-state index contributed by atoms with van der Waals surface area (Å²) in [5, 5.41) is 9.02. The number of nitrogens with one attached hydrogen (secondary N) is 3. The summed E-state index contributed by atoms with van der Waals surface area (Å²) in [7, 11) is -0.226. The van der Waals surface area contributed by atoms with Gasteiger partial charge in [0.25, 0.3) is 0 Å². The minimum atomic E-state index is -2.41. The van der Waals surface area contributed by atoms with Crippen LogP contribution in [0, 0.1) is 0 Å². The first-order chi connectivity index (χ1) is 16.4. The van der Waals surface area contributed by atoms with Crippen LogP contribution in [0.25, 0.3) is 22.3 Å². The molecule has 176 valence electrons. The zero-order chi connectivity index (χ0) is 23.7. The second-order valence-corrected chi connectivity index (χ2v) is 12.8. The number of piperidine rings is 1. The fraction of sp³-hybridized carbons (Fsp3) is 0.296. The molecule has 0 amide bonds. The van der Waals surface area contributed by atoms with E-state index in [0.29, 0.717) is 6.04 Å². The summed E-state index contributed by atoms with van der Waals surface area (Å²) in [4.78, 5) is 10.4. The number of hydrogen-bond donors (Lipinski definition) is 3. The normalized spacial score (nSPS) is 17.1. The highest BCUT2D eigenvalue weighted by atomic mass is 31.2. The molecule has 1 aliphatic heterocycles. The fourth-order valence-corrected chi connectivity index (χ4v) is 5.91. The lowest BCUT2D eigenvalue weighted by Crippen LogP contribution is -2.39. The van der Waals surface area contributed by atoms with Gasteiger partial charge in [0.05, 0.1) is 5.69 Å². The molecule has 6 nitrogen and oxygen atoms in total. The first-order valence-corrected chi connectivity index (χ1v) is 14.4. The van der Waals surface area contributed by atoms with Crippen molar-refractivity contribution in [1.82, 2.24) is 14.9 Å². The van der Waals surface area contributed by atoms with Gasteiger partial charge in [-0.05, 0) is 81.7 Å². The summed E-state index contributed by atoms with van der Waals surface area (Å²) in [6.07, 6.45) is 4.24. The van der Waals surface area contributed by atoms with Gasteiger partial charge in [0.1, 0.15) is 12.8 Å². The molecule has 3 N–H and O–H groups in total. The van der Waals surface area contributed by atoms with E-state index in [-0.39, 0.29) is 0 Å². The molecule has 0 unspecified atom stereocenters. The van der Waals surface area contributed by atoms with Gasteiger partial charge in [0.2, 0.25) is 0 Å². The van der Waals surface area contributed by atoms with E-state index in [1.54, 1.807) is 19.5 Å². The Labute approximate surface area is 201 Å². The predicted octanol–water partition coefficient (Wildman–Crippen LogP) is 5.73. The maximum absolute atomic E-state index is 12.8. The van der Waals surface area contributed by atoms with E-state index in [1.807, 2.05) is 30.3 Å². The predicted molar refractivity (Wildman–Crippen MR) is 144 cm³/mol. The van der Waals surface area contributed by atoms with E-state index in [1.165, 1.54) is 19.4 Å². The molecule has 1 atom stereocenters. The van der Waals surface area contributed by atoms with Gasteiger partial charge in [-0.15, -0.1) is 0 Å². The maximum atomic E-state index is 12.8. The van der Waals surface area contributed by atoms with E-state index in [4.69, 9.17) is 0 Å². The number of fused-ring (bicyclic) bond motifs is 1. The van der Waals surface area contributed by atoms with Crippen LogP contribution in [-0.2, 0) is 4.57 Å². The highest BCUT2D eigenvalue weighted by molar-refractivity contribution is 7.70. The van der Waals surface area contributed by atoms with Crippen LogP contribution in [0.4, 0.5) is 17.1 Å². The highest BCUT2D eigenvalue weighted by Gasteiger charge is 2.18. The molecule has 4 aromatic rings. The molecule has 1 aliphatic rings. The van der Waals surface area contributed by atoms with Gasteiger partial charge in [-0.3, -0.25) is 0 Å². The SMILES string of the molecule is CN1CCC[C@@H](Nc2ccc(-c3cc4c(Nc5ccccc5P(C)(C)=O)ccnc4[nH]3)cc2)C1. The molecule has 7 heteroatoms. The Hall–Kier alpha value is -3.08. The van der Waals surface area contributed by atoms with Gasteiger partial charge in [0.15, 0.2) is 0 Å². The quantitative estimate of drug-likeness (QED) is 0.312. The molecule has 0 bridgehead atoms. The van der Waals surface area contributed by atoms with Crippen molar-refractivity contribution in [3.8, 4) is 11.3 Å². The van der Waals surface area contributed by atoms with Crippen LogP contribution in [0.3, 0.4) is 0 Å². The lowest BCUT2D eigenvalue weighted by molar-refractivity contribution is 0.261. The Balaban J connectivity index is 1.39. The van der Waals surface area contributed by atoms with Crippen LogP contribution < -0.4 is 15.9 Å². The minimum Gasteiger partial charge on any atom is -0.381 e. The van der Waals surface area contributed by atoms with Gasteiger partial charge in [-0.1, -0.05) is 24.3 Å². The maximum Gasteiger partial charge on any atom is 0.139 e. The van der Waals surface area contributed by atoms with Crippen molar-refractivity contribution in [2.75, 3.05) is 44.1 Å². The smallest absolute Gasteiger partial charge is 0.139 e. The van der Waals surface area contributed by atoms with Crippen molar-refractivity contribution in [3.63, 3.8) is 0 Å². The van der Waals surface area contributed by atoms with Crippen LogP contribution in [-0.4, -0.2) is 54.4 Å². The lowest BCUT2D eigenvalue weighted by atomic mass is 10.1. The Morgan fingerprint density at radius 2 is 1.85 bits per heavy atom. The molecule has 5 rings (SSSR count). The number of anilines is 3. The Morgan fingerprint density at radius 3 is 2.62 bits per heavy atom. The number of hydrogen-bond acceptors (Lipinski definition) is 5. The first kappa shape index (κ1) is 22.7. The Morgan fingerprint density at radius 1 is 1.06 bits per heavy atom. The highest BCUT2D eigenvalue weighted by Crippen LogP contribution is 2.39. The van der Waals surface area contributed by atoms with Gasteiger partial charge in [0, 0.05) is 46.5 Å². The van der Waals surface area contributed by atoms with Crippen molar-refractivity contribution in [2.45, 2.75) is 18.9 Å². The molecule has 2 aromatic heterocycles. The van der Waals surface area contributed by atoms with Gasteiger partial charge >= 0.3 is 0 Å². The summed E-state index contributed by atoms with van der Waals surface area (Å²) in [6, 6.07) is 21.0. The van der Waals surface area contributed by atoms with Crippen LogP contribution in [0.2, 0.25) is 0 Å². The molecule has 0 spiro atoms. The van der Waals surface area contributed by atoms with Crippen LogP contribution in [0.5, 0.6) is 0 Å². The molecule has 2 aromatic carbocycles. The number of pyridine rings is 1. The van der Waals surface area contributed by atoms with Crippen molar-refractivity contribution in [1.29, 1.82) is 0 Å². The fourth-order valence-electron chi connectivity index (χ4n) is 4.75. The number of rotatable bonds is 6. The largest absolute Gasteiger partial charge is 0.381 e. The van der Waals surface area contributed by atoms with E-state index in [2.05, 4.69) is 62.9 Å². The molecule has 0 saturated carbocycles. The number of benzene rings is 2. The molecule has 1 fully saturated rings. The molecule has 0 radical (unpaired) electrons. The van der Waals surface area contributed by atoms with E-state index >= 15 is 0 Å². The topological polar surface area (TPSA) is 73.0 Å². The Bertz CT molecular complexity index is 1340. The summed E-state index contributed by atoms with van der Waals surface area (Å²) >= 11 is 0. The van der Waals surface area contributed by atoms with E-state index in [9.17, 15) is 4.57 Å². The number of likely N-dealkylation sites (tertiary alicyclic amines) is 1. The van der Waals surface area contributed by atoms with Crippen molar-refractivity contribution in [2.24, 2.45) is 0 Å². The third kappa shape index (κ3) is 4.89. The van der Waals surface area contributed by atoms with E-state index < -0.39 is 7.14 Å². The number of para-hydroxylation sites is 1. The average Bonchev–Trinajstić information content (AvgIpc) is 3.25. The van der Waals surface area contributed by atoms with Crippen molar-refractivity contribution < 1.29 is 4.57 Å². The minimum absolute atomic E-state index is 0.500. The summed E-state index contributed by atoms with van der Waals surface area (Å²) in [5.74, 6) is 0. The van der Waals surface area contributed by atoms with Gasteiger partial charge in [-0.25, -0.2) is 4.98 Å². The summed E-state index contributed by atoms with van der Waals surface area (Å²) in [5.41, 5.74) is 5.91. The van der Waals surface area contributed by atoms with Crippen LogP contribution in [0.15, 0.2) is 66.9 Å². The zero-order valence-corrected chi connectivity index (χ0v) is 20.9. The Kier molecular flexibility index (Phi) is 6.20. The van der Waals surface area contributed by atoms with Crippen LogP contribution >= 0.6 is 7.14 Å². The second-order valence-electron chi connectivity index (χ2n) is 9.62. The number of likely N-dealkylation sites (N-methyl/N-ethyl adjacent to an activating group) is 1. The molecule has 1 saturated heterocycles. The molecular formula is C27H32N5OP. The molecule has 3 heterocycles. The number of nitrogens with zero attached hydrogens (tertiary/aromatic N) is 2. The number of H-pyrrole nitrogens is 1. The number of aromatic nitrogens is 2. The summed E-state index contributed by atoms with van der Waals surface area (Å²) < 4.78 is 12.8. The first-order valence-electron chi connectivity index (χ1n) is 11.8. The monoisotopic (exact) mass is 473 g/mol. The average molecular weight is 474 g/mol. The lowest BCUT2D eigenvalue weighted by Gasteiger charge is -2.30. The van der Waals surface area contributed by atoms with Crippen molar-refractivity contribution in [3.05, 3.63) is 66.9 Å². The zero-order valence-electron chi connectivity index (χ0n) is 20.0. The van der Waals surface area contributed by atoms with Gasteiger partial charge < -0.3 is 25.1 Å². The molecule has 34 heavy (non-hydrogen) atoms. The van der Waals surface area contributed by atoms with Crippen molar-refractivity contribution >= 4 is 40.5 Å².